The van der Waals surface area contributed by atoms with Gasteiger partial charge in [-0.3, -0.25) is 9.52 Å². The Morgan fingerprint density at radius 3 is 2.19 bits per heavy atom. The van der Waals surface area contributed by atoms with E-state index >= 15 is 0 Å². The lowest BCUT2D eigenvalue weighted by molar-refractivity contribution is 0.0939. The Kier molecular flexibility index (Phi) is 6.63. The van der Waals surface area contributed by atoms with Crippen LogP contribution in [0.15, 0.2) is 53.4 Å². The number of rotatable bonds is 8. The van der Waals surface area contributed by atoms with Crippen LogP contribution in [-0.2, 0) is 10.0 Å². The van der Waals surface area contributed by atoms with Crippen molar-refractivity contribution in [2.24, 2.45) is 0 Å². The van der Waals surface area contributed by atoms with E-state index in [9.17, 15) is 13.2 Å². The Labute approximate surface area is 154 Å². The maximum atomic E-state index is 12.4. The molecule has 0 heterocycles. The molecule has 1 atom stereocenters. The molecule has 0 aliphatic heterocycles. The van der Waals surface area contributed by atoms with E-state index in [1.807, 2.05) is 20.8 Å². The van der Waals surface area contributed by atoms with E-state index < -0.39 is 10.0 Å². The summed E-state index contributed by atoms with van der Waals surface area (Å²) < 4.78 is 32.7. The smallest absolute Gasteiger partial charge is 0.261 e. The van der Waals surface area contributed by atoms with Crippen LogP contribution in [0.25, 0.3) is 0 Å². The Balaban J connectivity index is 2.08. The topological polar surface area (TPSA) is 84.5 Å². The number of amides is 1. The zero-order chi connectivity index (χ0) is 19.2. The average Bonchev–Trinajstić information content (AvgIpc) is 2.62. The summed E-state index contributed by atoms with van der Waals surface area (Å²) in [4.78, 5) is 12.2. The Morgan fingerprint density at radius 2 is 1.65 bits per heavy atom. The third kappa shape index (κ3) is 5.23. The average molecular weight is 376 g/mol. The molecule has 2 aromatic carbocycles. The number of hydrogen-bond acceptors (Lipinski definition) is 4. The molecule has 7 heteroatoms. The van der Waals surface area contributed by atoms with Crippen molar-refractivity contribution in [2.45, 2.75) is 38.1 Å². The largest absolute Gasteiger partial charge is 0.494 e. The highest BCUT2D eigenvalue weighted by atomic mass is 32.2. The summed E-state index contributed by atoms with van der Waals surface area (Å²) in [6.45, 7) is 6.29. The van der Waals surface area contributed by atoms with Gasteiger partial charge in [0.15, 0.2) is 0 Å². The van der Waals surface area contributed by atoms with Gasteiger partial charge in [0.2, 0.25) is 0 Å². The number of sulfonamides is 1. The van der Waals surface area contributed by atoms with Crippen LogP contribution in [0.5, 0.6) is 5.75 Å². The molecule has 0 aliphatic rings. The van der Waals surface area contributed by atoms with Gasteiger partial charge in [-0.2, -0.15) is 0 Å². The Bertz CT molecular complexity index is 831. The minimum atomic E-state index is -3.71. The third-order valence-electron chi connectivity index (χ3n) is 3.83. The molecule has 0 aromatic heterocycles. The minimum Gasteiger partial charge on any atom is -0.494 e. The van der Waals surface area contributed by atoms with Gasteiger partial charge in [-0.05, 0) is 68.8 Å². The molecule has 0 radical (unpaired) electrons. The second-order valence-corrected chi connectivity index (χ2v) is 7.55. The summed E-state index contributed by atoms with van der Waals surface area (Å²) in [6, 6.07) is 12.6. The van der Waals surface area contributed by atoms with E-state index in [-0.39, 0.29) is 16.8 Å². The number of hydrogen-bond donors (Lipinski definition) is 2. The van der Waals surface area contributed by atoms with Crippen LogP contribution in [-0.4, -0.2) is 27.0 Å². The van der Waals surface area contributed by atoms with Gasteiger partial charge in [0, 0.05) is 17.3 Å². The molecular weight excluding hydrogens is 352 g/mol. The molecule has 26 heavy (non-hydrogen) atoms. The van der Waals surface area contributed by atoms with Gasteiger partial charge < -0.3 is 10.1 Å². The Hall–Kier alpha value is -2.54. The van der Waals surface area contributed by atoms with Crippen molar-refractivity contribution in [3.63, 3.8) is 0 Å². The lowest BCUT2D eigenvalue weighted by Gasteiger charge is -2.12. The van der Waals surface area contributed by atoms with E-state index in [0.717, 1.165) is 6.42 Å². The van der Waals surface area contributed by atoms with Crippen LogP contribution < -0.4 is 14.8 Å². The molecule has 0 bridgehead atoms. The second-order valence-electron chi connectivity index (χ2n) is 5.87. The van der Waals surface area contributed by atoms with Gasteiger partial charge in [-0.15, -0.1) is 0 Å². The number of nitrogens with one attached hydrogen (secondary N) is 2. The molecule has 0 spiro atoms. The van der Waals surface area contributed by atoms with E-state index in [0.29, 0.717) is 23.6 Å². The molecule has 0 aliphatic carbocycles. The van der Waals surface area contributed by atoms with Crippen LogP contribution in [0.1, 0.15) is 37.6 Å². The summed E-state index contributed by atoms with van der Waals surface area (Å²) in [5.41, 5.74) is 0.869. The summed E-state index contributed by atoms with van der Waals surface area (Å²) >= 11 is 0. The number of benzene rings is 2. The van der Waals surface area contributed by atoms with Crippen molar-refractivity contribution in [1.82, 2.24) is 5.32 Å². The van der Waals surface area contributed by atoms with E-state index in [4.69, 9.17) is 4.74 Å². The van der Waals surface area contributed by atoms with Gasteiger partial charge in [-0.1, -0.05) is 6.92 Å². The fraction of sp³-hybridized carbons (Fsp3) is 0.316. The summed E-state index contributed by atoms with van der Waals surface area (Å²) in [5.74, 6) is 0.434. The minimum absolute atomic E-state index is 0.0836. The highest BCUT2D eigenvalue weighted by Crippen LogP contribution is 2.19. The van der Waals surface area contributed by atoms with Gasteiger partial charge in [-0.25, -0.2) is 8.42 Å². The van der Waals surface area contributed by atoms with Crippen LogP contribution in [0.4, 0.5) is 5.69 Å². The van der Waals surface area contributed by atoms with Crippen LogP contribution >= 0.6 is 0 Å². The van der Waals surface area contributed by atoms with Crippen molar-refractivity contribution in [3.05, 3.63) is 54.1 Å². The molecule has 2 rings (SSSR count). The molecule has 6 nitrogen and oxygen atoms in total. The number of ether oxygens (including phenoxy) is 1. The quantitative estimate of drug-likeness (QED) is 0.739. The Morgan fingerprint density at radius 1 is 1.04 bits per heavy atom. The lowest BCUT2D eigenvalue weighted by atomic mass is 10.1. The molecule has 0 fully saturated rings. The predicted molar refractivity (Wildman–Crippen MR) is 102 cm³/mol. The summed E-state index contributed by atoms with van der Waals surface area (Å²) in [5, 5.41) is 2.87. The van der Waals surface area contributed by atoms with Crippen molar-refractivity contribution in [1.29, 1.82) is 0 Å². The van der Waals surface area contributed by atoms with Crippen LogP contribution in [0, 0.1) is 0 Å². The van der Waals surface area contributed by atoms with Crippen molar-refractivity contribution in [3.8, 4) is 5.75 Å². The molecule has 2 N–H and O–H groups in total. The molecule has 0 saturated heterocycles. The fourth-order valence-electron chi connectivity index (χ4n) is 2.19. The van der Waals surface area contributed by atoms with Gasteiger partial charge >= 0.3 is 0 Å². The van der Waals surface area contributed by atoms with Gasteiger partial charge in [0.25, 0.3) is 15.9 Å². The van der Waals surface area contributed by atoms with Gasteiger partial charge in [0.05, 0.1) is 11.5 Å². The number of carbonyl (C=O) groups is 1. The maximum absolute atomic E-state index is 12.4. The lowest BCUT2D eigenvalue weighted by Crippen LogP contribution is -2.31. The molecule has 0 saturated carbocycles. The molecule has 0 unspecified atom stereocenters. The second kappa shape index (κ2) is 8.71. The number of carbonyl (C=O) groups excluding carboxylic acids is 1. The summed E-state index contributed by atoms with van der Waals surface area (Å²) in [7, 11) is -3.71. The van der Waals surface area contributed by atoms with E-state index in [1.54, 1.807) is 36.4 Å². The highest BCUT2D eigenvalue weighted by molar-refractivity contribution is 7.92. The van der Waals surface area contributed by atoms with Crippen LogP contribution in [0.3, 0.4) is 0 Å². The maximum Gasteiger partial charge on any atom is 0.261 e. The molecule has 1 amide bonds. The molecular formula is C19H24N2O4S. The van der Waals surface area contributed by atoms with Gasteiger partial charge in [0.1, 0.15) is 5.75 Å². The molecule has 140 valence electrons. The van der Waals surface area contributed by atoms with Crippen molar-refractivity contribution < 1.29 is 17.9 Å². The first-order chi connectivity index (χ1) is 12.4. The first-order valence-electron chi connectivity index (χ1n) is 8.52. The standard InChI is InChI=1S/C19H24N2O4S/c1-4-14(3)20-19(22)15-6-8-16(9-7-15)21-26(23,24)18-12-10-17(11-13-18)25-5-2/h6-14,21H,4-5H2,1-3H3,(H,20,22)/t14-/m1/s1. The van der Waals surface area contributed by atoms with Crippen molar-refractivity contribution >= 4 is 21.6 Å². The van der Waals surface area contributed by atoms with Crippen molar-refractivity contribution in [2.75, 3.05) is 11.3 Å². The fourth-order valence-corrected chi connectivity index (χ4v) is 3.25. The van der Waals surface area contributed by atoms with E-state index in [1.165, 1.54) is 12.1 Å². The first-order valence-corrected chi connectivity index (χ1v) is 10.0. The predicted octanol–water partition coefficient (Wildman–Crippen LogP) is 3.41. The third-order valence-corrected chi connectivity index (χ3v) is 5.23. The summed E-state index contributed by atoms with van der Waals surface area (Å²) in [6.07, 6.45) is 0.839. The monoisotopic (exact) mass is 376 g/mol. The first kappa shape index (κ1) is 19.8. The zero-order valence-electron chi connectivity index (χ0n) is 15.2. The highest BCUT2D eigenvalue weighted by Gasteiger charge is 2.15. The zero-order valence-corrected chi connectivity index (χ0v) is 16.0. The number of anilines is 1. The van der Waals surface area contributed by atoms with E-state index in [2.05, 4.69) is 10.0 Å². The normalized spacial score (nSPS) is 12.3. The van der Waals surface area contributed by atoms with Crippen LogP contribution in [0.2, 0.25) is 0 Å². The SMILES string of the molecule is CCOc1ccc(S(=O)(=O)Nc2ccc(C(=O)N[C@H](C)CC)cc2)cc1. The molecule has 2 aromatic rings.